The van der Waals surface area contributed by atoms with Crippen LogP contribution in [-0.2, 0) is 16.1 Å². The van der Waals surface area contributed by atoms with Gasteiger partial charge in [-0.15, -0.1) is 0 Å². The van der Waals surface area contributed by atoms with Gasteiger partial charge in [-0.2, -0.15) is 0 Å². The standard InChI is InChI=1S/C26H35NO3/c1-5-14-30-26(13-9-10-19(2)17-26)25(28)27-23-15-20(3)24(21(4)16-23)29-18-22-11-7-6-8-12-22/h6-8,11-12,15-16,19H,5,9-10,13-14,17-18H2,1-4H3,(H,27,28)/t19-,26+/m0/s1. The zero-order valence-corrected chi connectivity index (χ0v) is 18.8. The lowest BCUT2D eigenvalue weighted by atomic mass is 9.78. The van der Waals surface area contributed by atoms with Crippen LogP contribution in [0.25, 0.3) is 0 Å². The Labute approximate surface area is 181 Å². The molecule has 0 heterocycles. The maximum absolute atomic E-state index is 13.3. The van der Waals surface area contributed by atoms with Gasteiger partial charge in [0.1, 0.15) is 18.0 Å². The van der Waals surface area contributed by atoms with Gasteiger partial charge in [0.25, 0.3) is 5.91 Å². The van der Waals surface area contributed by atoms with E-state index in [4.69, 9.17) is 9.47 Å². The maximum Gasteiger partial charge on any atom is 0.256 e. The molecule has 162 valence electrons. The number of nitrogens with one attached hydrogen (secondary N) is 1. The van der Waals surface area contributed by atoms with E-state index < -0.39 is 5.60 Å². The lowest BCUT2D eigenvalue weighted by Crippen LogP contribution is -2.48. The predicted molar refractivity (Wildman–Crippen MR) is 122 cm³/mol. The average Bonchev–Trinajstić information content (AvgIpc) is 2.72. The molecule has 1 N–H and O–H groups in total. The van der Waals surface area contributed by atoms with Crippen LogP contribution in [0.4, 0.5) is 5.69 Å². The Morgan fingerprint density at radius 1 is 1.17 bits per heavy atom. The number of ether oxygens (including phenoxy) is 2. The molecule has 0 saturated heterocycles. The highest BCUT2D eigenvalue weighted by Crippen LogP contribution is 2.37. The molecule has 2 aromatic carbocycles. The quantitative estimate of drug-likeness (QED) is 0.565. The van der Waals surface area contributed by atoms with Gasteiger partial charge in [0.2, 0.25) is 0 Å². The van der Waals surface area contributed by atoms with Crippen LogP contribution in [0.3, 0.4) is 0 Å². The van der Waals surface area contributed by atoms with Crippen LogP contribution in [-0.4, -0.2) is 18.1 Å². The lowest BCUT2D eigenvalue weighted by molar-refractivity contribution is -0.148. The van der Waals surface area contributed by atoms with Crippen molar-refractivity contribution in [3.05, 3.63) is 59.2 Å². The minimum absolute atomic E-state index is 0.0146. The molecule has 4 heteroatoms. The molecule has 0 aliphatic heterocycles. The summed E-state index contributed by atoms with van der Waals surface area (Å²) >= 11 is 0. The minimum Gasteiger partial charge on any atom is -0.488 e. The molecule has 1 fully saturated rings. The number of carbonyl (C=O) groups is 1. The maximum atomic E-state index is 13.3. The third-order valence-corrected chi connectivity index (χ3v) is 5.90. The first kappa shape index (κ1) is 22.4. The van der Waals surface area contributed by atoms with E-state index in [-0.39, 0.29) is 5.91 Å². The Hall–Kier alpha value is -2.33. The molecule has 2 atom stereocenters. The number of benzene rings is 2. The largest absolute Gasteiger partial charge is 0.488 e. The lowest BCUT2D eigenvalue weighted by Gasteiger charge is -2.38. The SMILES string of the molecule is CCCO[C@]1(C(=O)Nc2cc(C)c(OCc3ccccc3)c(C)c2)CCC[C@H](C)C1. The van der Waals surface area contributed by atoms with Crippen molar-refractivity contribution < 1.29 is 14.3 Å². The zero-order valence-electron chi connectivity index (χ0n) is 18.8. The van der Waals surface area contributed by atoms with E-state index in [1.54, 1.807) is 0 Å². The van der Waals surface area contributed by atoms with E-state index in [9.17, 15) is 4.79 Å². The monoisotopic (exact) mass is 409 g/mol. The minimum atomic E-state index is -0.710. The molecule has 0 spiro atoms. The van der Waals surface area contributed by atoms with Crippen molar-refractivity contribution in [1.29, 1.82) is 0 Å². The number of carbonyl (C=O) groups excluding carboxylic acids is 1. The first-order valence-electron chi connectivity index (χ1n) is 11.2. The van der Waals surface area contributed by atoms with Crippen molar-refractivity contribution in [2.75, 3.05) is 11.9 Å². The summed E-state index contributed by atoms with van der Waals surface area (Å²) in [5, 5.41) is 3.15. The highest BCUT2D eigenvalue weighted by Gasteiger charge is 2.42. The molecule has 1 saturated carbocycles. The second-order valence-electron chi connectivity index (χ2n) is 8.71. The first-order valence-corrected chi connectivity index (χ1v) is 11.2. The van der Waals surface area contributed by atoms with Crippen molar-refractivity contribution in [2.24, 2.45) is 5.92 Å². The summed E-state index contributed by atoms with van der Waals surface area (Å²) < 4.78 is 12.2. The van der Waals surface area contributed by atoms with E-state index in [1.807, 2.05) is 44.2 Å². The van der Waals surface area contributed by atoms with Crippen LogP contribution in [0.5, 0.6) is 5.75 Å². The molecule has 1 aliphatic carbocycles. The topological polar surface area (TPSA) is 47.6 Å². The summed E-state index contributed by atoms with van der Waals surface area (Å²) in [6, 6.07) is 14.1. The van der Waals surface area contributed by atoms with Gasteiger partial charge in [-0.1, -0.05) is 50.6 Å². The highest BCUT2D eigenvalue weighted by molar-refractivity contribution is 5.97. The van der Waals surface area contributed by atoms with Gasteiger partial charge < -0.3 is 14.8 Å². The van der Waals surface area contributed by atoms with E-state index >= 15 is 0 Å². The van der Waals surface area contributed by atoms with Gasteiger partial charge in [0, 0.05) is 12.3 Å². The van der Waals surface area contributed by atoms with Crippen molar-refractivity contribution in [1.82, 2.24) is 0 Å². The molecule has 0 aromatic heterocycles. The number of rotatable bonds is 8. The fourth-order valence-corrected chi connectivity index (χ4v) is 4.43. The van der Waals surface area contributed by atoms with Crippen molar-refractivity contribution in [2.45, 2.75) is 72.0 Å². The van der Waals surface area contributed by atoms with Crippen LogP contribution in [0.1, 0.15) is 62.6 Å². The van der Waals surface area contributed by atoms with Gasteiger partial charge in [0.05, 0.1) is 0 Å². The summed E-state index contributed by atoms with van der Waals surface area (Å²) in [6.07, 6.45) is 4.68. The van der Waals surface area contributed by atoms with Crippen molar-refractivity contribution in [3.8, 4) is 5.75 Å². The number of aryl methyl sites for hydroxylation is 2. The summed E-state index contributed by atoms with van der Waals surface area (Å²) in [7, 11) is 0. The van der Waals surface area contributed by atoms with E-state index in [1.165, 1.54) is 0 Å². The molecule has 4 nitrogen and oxygen atoms in total. The summed E-state index contributed by atoms with van der Waals surface area (Å²) in [4.78, 5) is 13.3. The van der Waals surface area contributed by atoms with Crippen LogP contribution in [0, 0.1) is 19.8 Å². The summed E-state index contributed by atoms with van der Waals surface area (Å²) in [6.45, 7) is 9.48. The number of hydrogen-bond acceptors (Lipinski definition) is 3. The molecule has 0 radical (unpaired) electrons. The molecule has 0 bridgehead atoms. The Bertz CT molecular complexity index is 826. The summed E-state index contributed by atoms with van der Waals surface area (Å²) in [5.74, 6) is 1.36. The molecule has 1 amide bonds. The van der Waals surface area contributed by atoms with Crippen LogP contribution < -0.4 is 10.1 Å². The second kappa shape index (κ2) is 10.1. The predicted octanol–water partition coefficient (Wildman–Crippen LogP) is 6.20. The smallest absolute Gasteiger partial charge is 0.256 e. The zero-order chi connectivity index (χ0) is 21.6. The summed E-state index contributed by atoms with van der Waals surface area (Å²) in [5.41, 5.74) is 3.26. The van der Waals surface area contributed by atoms with Gasteiger partial charge >= 0.3 is 0 Å². The fraction of sp³-hybridized carbons (Fsp3) is 0.500. The normalized spacial score (nSPS) is 21.3. The number of amides is 1. The second-order valence-corrected chi connectivity index (χ2v) is 8.71. The molecular weight excluding hydrogens is 374 g/mol. The van der Waals surface area contributed by atoms with E-state index in [2.05, 4.69) is 31.3 Å². The average molecular weight is 410 g/mol. The van der Waals surface area contributed by atoms with Crippen molar-refractivity contribution >= 4 is 11.6 Å². The molecule has 0 unspecified atom stereocenters. The molecule has 30 heavy (non-hydrogen) atoms. The van der Waals surface area contributed by atoms with Gasteiger partial charge in [-0.05, 0) is 74.3 Å². The molecule has 2 aromatic rings. The molecule has 1 aliphatic rings. The Balaban J connectivity index is 1.73. The third-order valence-electron chi connectivity index (χ3n) is 5.90. The third kappa shape index (κ3) is 5.42. The highest BCUT2D eigenvalue weighted by atomic mass is 16.5. The van der Waals surface area contributed by atoms with Gasteiger partial charge in [-0.3, -0.25) is 4.79 Å². The van der Waals surface area contributed by atoms with Crippen LogP contribution in [0.2, 0.25) is 0 Å². The van der Waals surface area contributed by atoms with E-state index in [0.717, 1.165) is 60.2 Å². The number of anilines is 1. The van der Waals surface area contributed by atoms with Crippen LogP contribution in [0.15, 0.2) is 42.5 Å². The van der Waals surface area contributed by atoms with Crippen LogP contribution >= 0.6 is 0 Å². The molecular formula is C26H35NO3. The Kier molecular flexibility index (Phi) is 7.54. The Morgan fingerprint density at radius 3 is 2.50 bits per heavy atom. The van der Waals surface area contributed by atoms with Gasteiger partial charge in [0.15, 0.2) is 0 Å². The van der Waals surface area contributed by atoms with Crippen molar-refractivity contribution in [3.63, 3.8) is 0 Å². The van der Waals surface area contributed by atoms with E-state index in [0.29, 0.717) is 19.1 Å². The molecule has 3 rings (SSSR count). The number of hydrogen-bond donors (Lipinski definition) is 1. The fourth-order valence-electron chi connectivity index (χ4n) is 4.43. The van der Waals surface area contributed by atoms with Gasteiger partial charge in [-0.25, -0.2) is 0 Å². The Morgan fingerprint density at radius 2 is 1.87 bits per heavy atom. The first-order chi connectivity index (χ1) is 14.4.